The Balaban J connectivity index is 1.64. The van der Waals surface area contributed by atoms with E-state index in [0.29, 0.717) is 21.7 Å². The standard InChI is InChI=1S/C24H20BrN3O3/c1-30-19-12-15(13-20(31-2)22(19)25)14-26-28-24(29)23-21(16-8-4-3-5-9-16)17-10-6-7-11-18(17)27-23/h3-14,27H,1-2H3,(H,28,29)/b26-14-. The Hall–Kier alpha value is -3.58. The molecule has 0 aliphatic rings. The molecule has 0 aliphatic carbocycles. The number of amides is 1. The SMILES string of the molecule is COc1cc(/C=N\NC(=O)c2[nH]c3ccccc3c2-c2ccccc2)cc(OC)c1Br. The van der Waals surface area contributed by atoms with E-state index in [1.54, 1.807) is 32.6 Å². The van der Waals surface area contributed by atoms with Gasteiger partial charge < -0.3 is 14.5 Å². The van der Waals surface area contributed by atoms with Crippen molar-refractivity contribution in [1.82, 2.24) is 10.4 Å². The highest BCUT2D eigenvalue weighted by Gasteiger charge is 2.18. The number of ether oxygens (including phenoxy) is 2. The molecule has 0 fully saturated rings. The number of carbonyl (C=O) groups is 1. The number of nitrogens with zero attached hydrogens (tertiary/aromatic N) is 1. The maximum Gasteiger partial charge on any atom is 0.288 e. The van der Waals surface area contributed by atoms with Crippen molar-refractivity contribution in [3.8, 4) is 22.6 Å². The van der Waals surface area contributed by atoms with E-state index in [0.717, 1.165) is 27.6 Å². The zero-order valence-corrected chi connectivity index (χ0v) is 18.6. The number of H-pyrrole nitrogens is 1. The third-order valence-electron chi connectivity index (χ3n) is 4.84. The van der Waals surface area contributed by atoms with Crippen LogP contribution in [-0.4, -0.2) is 31.3 Å². The number of carbonyl (C=O) groups excluding carboxylic acids is 1. The molecule has 156 valence electrons. The van der Waals surface area contributed by atoms with Gasteiger partial charge in [-0.2, -0.15) is 5.10 Å². The molecule has 0 bridgehead atoms. The summed E-state index contributed by atoms with van der Waals surface area (Å²) in [6.07, 6.45) is 1.54. The first-order chi connectivity index (χ1) is 15.1. The Labute approximate surface area is 188 Å². The summed E-state index contributed by atoms with van der Waals surface area (Å²) >= 11 is 3.44. The van der Waals surface area contributed by atoms with Gasteiger partial charge in [0.1, 0.15) is 21.7 Å². The number of nitrogens with one attached hydrogen (secondary N) is 2. The van der Waals surface area contributed by atoms with Crippen molar-refractivity contribution in [2.45, 2.75) is 0 Å². The van der Waals surface area contributed by atoms with Crippen LogP contribution in [-0.2, 0) is 0 Å². The zero-order valence-electron chi connectivity index (χ0n) is 17.0. The fraction of sp³-hybridized carbons (Fsp3) is 0.0833. The lowest BCUT2D eigenvalue weighted by Gasteiger charge is -2.09. The lowest BCUT2D eigenvalue weighted by molar-refractivity contribution is 0.0951. The van der Waals surface area contributed by atoms with Gasteiger partial charge in [-0.05, 0) is 39.7 Å². The maximum atomic E-state index is 13.0. The number of aromatic nitrogens is 1. The van der Waals surface area contributed by atoms with Gasteiger partial charge in [-0.25, -0.2) is 5.43 Å². The van der Waals surface area contributed by atoms with Crippen LogP contribution in [0.15, 0.2) is 76.3 Å². The van der Waals surface area contributed by atoms with E-state index in [-0.39, 0.29) is 5.91 Å². The highest BCUT2D eigenvalue weighted by atomic mass is 79.9. The van der Waals surface area contributed by atoms with E-state index < -0.39 is 0 Å². The highest BCUT2D eigenvalue weighted by molar-refractivity contribution is 9.10. The van der Waals surface area contributed by atoms with Gasteiger partial charge in [-0.1, -0.05) is 48.5 Å². The number of methoxy groups -OCH3 is 2. The van der Waals surface area contributed by atoms with Crippen molar-refractivity contribution in [2.75, 3.05) is 14.2 Å². The molecule has 0 saturated carbocycles. The number of rotatable bonds is 6. The molecule has 1 aromatic heterocycles. The van der Waals surface area contributed by atoms with Gasteiger partial charge in [0.25, 0.3) is 5.91 Å². The lowest BCUT2D eigenvalue weighted by Crippen LogP contribution is -2.18. The molecule has 1 amide bonds. The quantitative estimate of drug-likeness (QED) is 0.289. The predicted molar refractivity (Wildman–Crippen MR) is 126 cm³/mol. The van der Waals surface area contributed by atoms with Crippen LogP contribution >= 0.6 is 15.9 Å². The van der Waals surface area contributed by atoms with Crippen LogP contribution in [0.1, 0.15) is 16.1 Å². The summed E-state index contributed by atoms with van der Waals surface area (Å²) < 4.78 is 11.4. The molecule has 0 saturated heterocycles. The van der Waals surface area contributed by atoms with Gasteiger partial charge >= 0.3 is 0 Å². The van der Waals surface area contributed by atoms with Gasteiger partial charge in [-0.3, -0.25) is 4.79 Å². The molecule has 6 nitrogen and oxygen atoms in total. The molecule has 0 aliphatic heterocycles. The van der Waals surface area contributed by atoms with Gasteiger partial charge in [0, 0.05) is 22.0 Å². The summed E-state index contributed by atoms with van der Waals surface area (Å²) in [5.74, 6) is 0.880. The van der Waals surface area contributed by atoms with E-state index in [2.05, 4.69) is 31.4 Å². The molecule has 2 N–H and O–H groups in total. The van der Waals surface area contributed by atoms with Crippen LogP contribution < -0.4 is 14.9 Å². The first kappa shape index (κ1) is 20.7. The third-order valence-corrected chi connectivity index (χ3v) is 5.62. The summed E-state index contributed by atoms with van der Waals surface area (Å²) in [6, 6.07) is 21.2. The van der Waals surface area contributed by atoms with Gasteiger partial charge in [-0.15, -0.1) is 0 Å². The Morgan fingerprint density at radius 3 is 2.32 bits per heavy atom. The van der Waals surface area contributed by atoms with Crippen LogP contribution in [0.25, 0.3) is 22.0 Å². The second kappa shape index (κ2) is 9.06. The molecular formula is C24H20BrN3O3. The number of hydrazone groups is 1. The smallest absolute Gasteiger partial charge is 0.288 e. The minimum absolute atomic E-state index is 0.331. The topological polar surface area (TPSA) is 75.7 Å². The highest BCUT2D eigenvalue weighted by Crippen LogP contribution is 2.35. The van der Waals surface area contributed by atoms with Crippen LogP contribution in [0.3, 0.4) is 0 Å². The summed E-state index contributed by atoms with van der Waals surface area (Å²) in [5.41, 5.74) is 6.47. The fourth-order valence-corrected chi connectivity index (χ4v) is 3.96. The summed E-state index contributed by atoms with van der Waals surface area (Å²) in [5, 5.41) is 5.11. The fourth-order valence-electron chi connectivity index (χ4n) is 3.40. The number of fused-ring (bicyclic) bond motifs is 1. The van der Waals surface area contributed by atoms with E-state index in [1.165, 1.54) is 0 Å². The minimum atomic E-state index is -0.331. The van der Waals surface area contributed by atoms with Crippen LogP contribution in [0, 0.1) is 0 Å². The molecular weight excluding hydrogens is 458 g/mol. The predicted octanol–water partition coefficient (Wildman–Crippen LogP) is 5.38. The zero-order chi connectivity index (χ0) is 21.8. The number of benzene rings is 3. The molecule has 0 atom stereocenters. The molecule has 1 heterocycles. The van der Waals surface area contributed by atoms with Crippen molar-refractivity contribution in [3.05, 3.63) is 82.5 Å². The monoisotopic (exact) mass is 477 g/mol. The summed E-state index contributed by atoms with van der Waals surface area (Å²) in [6.45, 7) is 0. The lowest BCUT2D eigenvalue weighted by atomic mass is 10.0. The molecule has 0 spiro atoms. The molecule has 0 radical (unpaired) electrons. The Morgan fingerprint density at radius 1 is 1.00 bits per heavy atom. The van der Waals surface area contributed by atoms with Crippen molar-refractivity contribution in [2.24, 2.45) is 5.10 Å². The van der Waals surface area contributed by atoms with Crippen LogP contribution in [0.5, 0.6) is 11.5 Å². The number of para-hydroxylation sites is 1. The van der Waals surface area contributed by atoms with Crippen molar-refractivity contribution in [1.29, 1.82) is 0 Å². The molecule has 4 aromatic rings. The molecule has 31 heavy (non-hydrogen) atoms. The molecule has 3 aromatic carbocycles. The average molecular weight is 478 g/mol. The Morgan fingerprint density at radius 2 is 1.65 bits per heavy atom. The van der Waals surface area contributed by atoms with Crippen LogP contribution in [0.2, 0.25) is 0 Å². The largest absolute Gasteiger partial charge is 0.495 e. The number of hydrogen-bond donors (Lipinski definition) is 2. The molecule has 0 unspecified atom stereocenters. The normalized spacial score (nSPS) is 11.1. The van der Waals surface area contributed by atoms with E-state index in [9.17, 15) is 4.79 Å². The van der Waals surface area contributed by atoms with Gasteiger partial charge in [0.2, 0.25) is 0 Å². The maximum absolute atomic E-state index is 13.0. The first-order valence-corrected chi connectivity index (χ1v) is 10.3. The number of hydrogen-bond acceptors (Lipinski definition) is 4. The van der Waals surface area contributed by atoms with E-state index in [1.807, 2.05) is 54.6 Å². The van der Waals surface area contributed by atoms with Crippen molar-refractivity contribution < 1.29 is 14.3 Å². The third kappa shape index (κ3) is 4.18. The van der Waals surface area contributed by atoms with E-state index >= 15 is 0 Å². The molecule has 7 heteroatoms. The van der Waals surface area contributed by atoms with Gasteiger partial charge in [0.15, 0.2) is 0 Å². The number of aromatic amines is 1. The van der Waals surface area contributed by atoms with Crippen molar-refractivity contribution in [3.63, 3.8) is 0 Å². The Bertz CT molecular complexity index is 1240. The van der Waals surface area contributed by atoms with Gasteiger partial charge in [0.05, 0.1) is 20.4 Å². The number of halogens is 1. The van der Waals surface area contributed by atoms with Crippen LogP contribution in [0.4, 0.5) is 0 Å². The molecule has 4 rings (SSSR count). The minimum Gasteiger partial charge on any atom is -0.495 e. The Kier molecular flexibility index (Phi) is 6.04. The van der Waals surface area contributed by atoms with E-state index in [4.69, 9.17) is 9.47 Å². The summed E-state index contributed by atoms with van der Waals surface area (Å²) in [4.78, 5) is 16.2. The average Bonchev–Trinajstić information content (AvgIpc) is 3.20. The second-order valence-corrected chi connectivity index (χ2v) is 7.52. The summed E-state index contributed by atoms with van der Waals surface area (Å²) in [7, 11) is 3.15. The second-order valence-electron chi connectivity index (χ2n) is 6.73. The first-order valence-electron chi connectivity index (χ1n) is 9.53. The van der Waals surface area contributed by atoms with Crippen molar-refractivity contribution >= 4 is 39.0 Å².